The Balaban J connectivity index is 1.63. The van der Waals surface area contributed by atoms with Gasteiger partial charge in [0.25, 0.3) is 5.91 Å². The van der Waals surface area contributed by atoms with Crippen molar-refractivity contribution in [2.75, 3.05) is 0 Å². The number of rotatable bonds is 9. The molecular weight excluding hydrogens is 527 g/mol. The molecule has 4 rings (SSSR count). The van der Waals surface area contributed by atoms with Gasteiger partial charge < -0.3 is 19.7 Å². The number of nitrogens with one attached hydrogen (secondary N) is 1. The van der Waals surface area contributed by atoms with E-state index >= 15 is 0 Å². The predicted molar refractivity (Wildman–Crippen MR) is 140 cm³/mol. The molecule has 0 spiro atoms. The largest absolute Gasteiger partial charge is 0.462 e. The number of hydrogen-bond acceptors (Lipinski definition) is 7. The van der Waals surface area contributed by atoms with Crippen molar-refractivity contribution in [1.82, 2.24) is 14.9 Å². The molecular formula is C27H31FN4O6S. The zero-order valence-electron chi connectivity index (χ0n) is 21.6. The molecule has 1 aromatic heterocycles. The average Bonchev–Trinajstić information content (AvgIpc) is 3.25. The van der Waals surface area contributed by atoms with Gasteiger partial charge in [0, 0.05) is 31.5 Å². The topological polar surface area (TPSA) is 154 Å². The molecule has 1 saturated heterocycles. The number of nitrogens with two attached hydrogens (primary N) is 1. The number of amides is 1. The van der Waals surface area contributed by atoms with Crippen molar-refractivity contribution >= 4 is 21.9 Å². The lowest BCUT2D eigenvalue weighted by atomic mass is 10.0. The minimum absolute atomic E-state index is 0.0292. The lowest BCUT2D eigenvalue weighted by Crippen LogP contribution is -2.33. The number of aromatic nitrogens is 2. The van der Waals surface area contributed by atoms with Gasteiger partial charge in [0.05, 0.1) is 23.1 Å². The summed E-state index contributed by atoms with van der Waals surface area (Å²) >= 11 is 0. The number of halogens is 1. The lowest BCUT2D eigenvalue weighted by Gasteiger charge is -2.26. The van der Waals surface area contributed by atoms with Crippen molar-refractivity contribution < 1.29 is 32.2 Å². The van der Waals surface area contributed by atoms with Gasteiger partial charge in [0.15, 0.2) is 0 Å². The van der Waals surface area contributed by atoms with Crippen LogP contribution in [0, 0.1) is 5.82 Å². The van der Waals surface area contributed by atoms with Crippen LogP contribution in [0.4, 0.5) is 4.39 Å². The average molecular weight is 559 g/mol. The Kier molecular flexibility index (Phi) is 8.48. The molecule has 12 heteroatoms. The van der Waals surface area contributed by atoms with Gasteiger partial charge in [-0.25, -0.2) is 22.9 Å². The van der Waals surface area contributed by atoms with Crippen LogP contribution in [0.15, 0.2) is 53.4 Å². The molecule has 4 N–H and O–H groups in total. The zero-order valence-corrected chi connectivity index (χ0v) is 22.4. The molecule has 0 bridgehead atoms. The van der Waals surface area contributed by atoms with E-state index in [1.54, 1.807) is 24.3 Å². The number of benzene rings is 2. The second-order valence-corrected chi connectivity index (χ2v) is 11.4. The summed E-state index contributed by atoms with van der Waals surface area (Å²) in [5.41, 5.74) is 2.12. The van der Waals surface area contributed by atoms with E-state index in [4.69, 9.17) is 9.88 Å². The number of cyclic esters (lactones) is 1. The van der Waals surface area contributed by atoms with Crippen LogP contribution < -0.4 is 10.5 Å². The third-order valence-electron chi connectivity index (χ3n) is 6.49. The van der Waals surface area contributed by atoms with E-state index in [0.29, 0.717) is 42.0 Å². The molecule has 1 fully saturated rings. The van der Waals surface area contributed by atoms with E-state index in [-0.39, 0.29) is 29.5 Å². The highest BCUT2D eigenvalue weighted by molar-refractivity contribution is 7.89. The maximum Gasteiger partial charge on any atom is 0.308 e. The third kappa shape index (κ3) is 6.88. The molecule has 1 aliphatic rings. The van der Waals surface area contributed by atoms with Gasteiger partial charge in [-0.2, -0.15) is 0 Å². The number of hydrogen-bond donors (Lipinski definition) is 3. The van der Waals surface area contributed by atoms with E-state index in [9.17, 15) is 27.5 Å². The van der Waals surface area contributed by atoms with Crippen LogP contribution in [0.3, 0.4) is 0 Å². The van der Waals surface area contributed by atoms with Crippen LogP contribution in [0.2, 0.25) is 0 Å². The van der Waals surface area contributed by atoms with Gasteiger partial charge in [-0.3, -0.25) is 9.59 Å². The highest BCUT2D eigenvalue weighted by Gasteiger charge is 2.29. The Morgan fingerprint density at radius 2 is 1.87 bits per heavy atom. The summed E-state index contributed by atoms with van der Waals surface area (Å²) in [6.07, 6.45) is -0.567. The molecule has 208 valence electrons. The summed E-state index contributed by atoms with van der Waals surface area (Å²) in [5.74, 6) is -0.958. The summed E-state index contributed by atoms with van der Waals surface area (Å²) in [4.78, 5) is 29.8. The highest BCUT2D eigenvalue weighted by Crippen LogP contribution is 2.30. The fourth-order valence-corrected chi connectivity index (χ4v) is 5.15. The predicted octanol–water partition coefficient (Wildman–Crippen LogP) is 2.85. The fourth-order valence-electron chi connectivity index (χ4n) is 4.64. The Hall–Kier alpha value is -3.61. The molecule has 1 aliphatic heterocycles. The second-order valence-electron chi connectivity index (χ2n) is 9.85. The van der Waals surface area contributed by atoms with Crippen molar-refractivity contribution in [1.29, 1.82) is 0 Å². The smallest absolute Gasteiger partial charge is 0.308 e. The van der Waals surface area contributed by atoms with E-state index in [1.165, 1.54) is 24.3 Å². The molecule has 0 saturated carbocycles. The number of carbonyl (C=O) groups excluding carboxylic acids is 2. The number of nitrogens with zero attached hydrogens (tertiary/aromatic N) is 2. The van der Waals surface area contributed by atoms with Gasteiger partial charge in [0.2, 0.25) is 10.0 Å². The van der Waals surface area contributed by atoms with E-state index in [0.717, 1.165) is 0 Å². The third-order valence-corrected chi connectivity index (χ3v) is 7.42. The first-order valence-electron chi connectivity index (χ1n) is 12.6. The first kappa shape index (κ1) is 28.4. The molecule has 3 aromatic rings. The number of sulfonamides is 1. The van der Waals surface area contributed by atoms with E-state index in [1.807, 2.05) is 18.4 Å². The van der Waals surface area contributed by atoms with Crippen molar-refractivity contribution in [3.8, 4) is 11.4 Å². The number of carbonyl (C=O) groups is 2. The number of primary sulfonamides is 1. The van der Waals surface area contributed by atoms with Crippen LogP contribution in [0.25, 0.3) is 11.4 Å². The number of esters is 1. The maximum atomic E-state index is 13.7. The summed E-state index contributed by atoms with van der Waals surface area (Å²) in [6.45, 7) is 4.32. The summed E-state index contributed by atoms with van der Waals surface area (Å²) < 4.78 is 43.9. The molecule has 2 aromatic carbocycles. The fraction of sp³-hybridized carbons (Fsp3) is 0.370. The summed E-state index contributed by atoms with van der Waals surface area (Å²) in [6, 6.07) is 11.6. The summed E-state index contributed by atoms with van der Waals surface area (Å²) in [5, 5.41) is 18.0. The number of imidazole rings is 1. The van der Waals surface area contributed by atoms with Crippen LogP contribution in [0.5, 0.6) is 0 Å². The van der Waals surface area contributed by atoms with Crippen LogP contribution in [0.1, 0.15) is 60.8 Å². The van der Waals surface area contributed by atoms with Crippen LogP contribution >= 0.6 is 0 Å². The number of ether oxygens (including phenoxy) is 1. The van der Waals surface area contributed by atoms with Gasteiger partial charge >= 0.3 is 5.97 Å². The standard InChI is InChI=1S/C27H31FN4O6S/c1-16(2)25-24(27(35)30-15-17-3-9-22(10-4-17)39(29,36)37)31-26(18-5-7-19(28)8-6-18)32(25)12-11-21-13-20(33)14-23(34)38-21/h3-10,16,20-21,33H,11-15H2,1-2H3,(H,30,35)(H2,29,36,37)/t20-,21-/m1/s1. The normalized spacial score (nSPS) is 17.7. The summed E-state index contributed by atoms with van der Waals surface area (Å²) in [7, 11) is -3.83. The Labute approximate surface area is 226 Å². The van der Waals surface area contributed by atoms with E-state index < -0.39 is 39.9 Å². The molecule has 0 aliphatic carbocycles. The first-order chi connectivity index (χ1) is 18.4. The van der Waals surface area contributed by atoms with Gasteiger partial charge in [-0.1, -0.05) is 26.0 Å². The zero-order chi connectivity index (χ0) is 28.3. The Morgan fingerprint density at radius 1 is 1.21 bits per heavy atom. The Bertz CT molecular complexity index is 1450. The number of aliphatic hydroxyl groups excluding tert-OH is 1. The van der Waals surface area contributed by atoms with Crippen LogP contribution in [-0.2, 0) is 32.6 Å². The van der Waals surface area contributed by atoms with Gasteiger partial charge in [-0.05, 0) is 47.9 Å². The maximum absolute atomic E-state index is 13.7. The van der Waals surface area contributed by atoms with Crippen molar-refractivity contribution in [2.24, 2.45) is 5.14 Å². The second kappa shape index (κ2) is 11.6. The molecule has 0 radical (unpaired) electrons. The Morgan fingerprint density at radius 3 is 2.46 bits per heavy atom. The lowest BCUT2D eigenvalue weighted by molar-refractivity contribution is -0.160. The molecule has 0 unspecified atom stereocenters. The molecule has 10 nitrogen and oxygen atoms in total. The molecule has 2 heterocycles. The SMILES string of the molecule is CC(C)c1c(C(=O)NCc2ccc(S(N)(=O)=O)cc2)nc(-c2ccc(F)cc2)n1CC[C@@H]1C[C@@H](O)CC(=O)O1. The van der Waals surface area contributed by atoms with Crippen molar-refractivity contribution in [2.45, 2.75) is 69.2 Å². The minimum atomic E-state index is -3.83. The first-order valence-corrected chi connectivity index (χ1v) is 14.1. The monoisotopic (exact) mass is 558 g/mol. The van der Waals surface area contributed by atoms with Crippen molar-refractivity contribution in [3.05, 3.63) is 71.3 Å². The van der Waals surface area contributed by atoms with Gasteiger partial charge in [0.1, 0.15) is 23.4 Å². The molecule has 2 atom stereocenters. The molecule has 39 heavy (non-hydrogen) atoms. The highest BCUT2D eigenvalue weighted by atomic mass is 32.2. The van der Waals surface area contributed by atoms with E-state index in [2.05, 4.69) is 10.3 Å². The molecule has 1 amide bonds. The minimum Gasteiger partial charge on any atom is -0.462 e. The van der Waals surface area contributed by atoms with Crippen molar-refractivity contribution in [3.63, 3.8) is 0 Å². The van der Waals surface area contributed by atoms with Crippen LogP contribution in [-0.4, -0.2) is 47.2 Å². The van der Waals surface area contributed by atoms with Gasteiger partial charge in [-0.15, -0.1) is 0 Å². The quantitative estimate of drug-likeness (QED) is 0.341. The number of aliphatic hydroxyl groups is 1.